The van der Waals surface area contributed by atoms with Crippen LogP contribution in [0.25, 0.3) is 0 Å². The molecule has 1 unspecified atom stereocenters. The van der Waals surface area contributed by atoms with Crippen molar-refractivity contribution in [3.05, 3.63) is 47.8 Å². The van der Waals surface area contributed by atoms with Gasteiger partial charge in [-0.15, -0.1) is 0 Å². The number of nitrogens with one attached hydrogen (secondary N) is 2. The van der Waals surface area contributed by atoms with Crippen molar-refractivity contribution in [2.75, 3.05) is 30.3 Å². The van der Waals surface area contributed by atoms with E-state index in [4.69, 9.17) is 4.74 Å². The molecule has 2 heterocycles. The average molecular weight is 312 g/mol. The van der Waals surface area contributed by atoms with Crippen LogP contribution in [-0.2, 0) is 11.2 Å². The van der Waals surface area contributed by atoms with E-state index in [-0.39, 0.29) is 0 Å². The van der Waals surface area contributed by atoms with Gasteiger partial charge in [0.2, 0.25) is 0 Å². The molecule has 0 bridgehead atoms. The molecule has 1 saturated heterocycles. The second-order valence-electron chi connectivity index (χ2n) is 5.86. The fraction of sp³-hybridized carbons (Fsp3) is 0.444. The van der Waals surface area contributed by atoms with Crippen LogP contribution in [0.3, 0.4) is 0 Å². The number of benzene rings is 1. The average Bonchev–Trinajstić information content (AvgIpc) is 3.07. The maximum Gasteiger partial charge on any atom is 0.131 e. The molecule has 1 aliphatic heterocycles. The quantitative estimate of drug-likeness (QED) is 0.823. The molecule has 1 aliphatic rings. The Morgan fingerprint density at radius 1 is 1.13 bits per heavy atom. The van der Waals surface area contributed by atoms with Crippen molar-refractivity contribution in [1.29, 1.82) is 0 Å². The van der Waals surface area contributed by atoms with E-state index in [9.17, 15) is 0 Å². The number of ether oxygens (including phenoxy) is 1. The predicted octanol–water partition coefficient (Wildman–Crippen LogP) is 3.03. The van der Waals surface area contributed by atoms with Crippen molar-refractivity contribution >= 4 is 11.6 Å². The van der Waals surface area contributed by atoms with Crippen molar-refractivity contribution in [1.82, 2.24) is 9.97 Å². The fourth-order valence-corrected chi connectivity index (χ4v) is 2.75. The van der Waals surface area contributed by atoms with Crippen molar-refractivity contribution < 1.29 is 4.74 Å². The zero-order valence-electron chi connectivity index (χ0n) is 13.6. The SMILES string of the molecule is Cc1nc(NCCc2ccccc2)cc(NCC2CCCO2)n1. The van der Waals surface area contributed by atoms with Gasteiger partial charge in [0, 0.05) is 25.8 Å². The minimum Gasteiger partial charge on any atom is -0.376 e. The number of nitrogens with zero attached hydrogens (tertiary/aromatic N) is 2. The maximum atomic E-state index is 5.63. The zero-order chi connectivity index (χ0) is 15.9. The molecule has 0 aliphatic carbocycles. The summed E-state index contributed by atoms with van der Waals surface area (Å²) in [5.74, 6) is 2.49. The molecule has 3 rings (SSSR count). The summed E-state index contributed by atoms with van der Waals surface area (Å²) in [5, 5.41) is 6.74. The molecule has 5 nitrogen and oxygen atoms in total. The molecule has 1 fully saturated rings. The van der Waals surface area contributed by atoms with Crippen molar-refractivity contribution in [3.63, 3.8) is 0 Å². The van der Waals surface area contributed by atoms with Gasteiger partial charge in [-0.2, -0.15) is 0 Å². The largest absolute Gasteiger partial charge is 0.376 e. The van der Waals surface area contributed by atoms with E-state index in [1.807, 2.05) is 19.1 Å². The lowest BCUT2D eigenvalue weighted by Crippen LogP contribution is -2.19. The highest BCUT2D eigenvalue weighted by Gasteiger charge is 2.15. The second kappa shape index (κ2) is 7.92. The van der Waals surface area contributed by atoms with Crippen LogP contribution >= 0.6 is 0 Å². The number of rotatable bonds is 7. The van der Waals surface area contributed by atoms with Gasteiger partial charge in [-0.05, 0) is 31.7 Å². The third kappa shape index (κ3) is 4.93. The first kappa shape index (κ1) is 15.7. The first-order valence-electron chi connectivity index (χ1n) is 8.28. The summed E-state index contributed by atoms with van der Waals surface area (Å²) in [4.78, 5) is 8.89. The summed E-state index contributed by atoms with van der Waals surface area (Å²) in [7, 11) is 0. The molecule has 0 spiro atoms. The van der Waals surface area contributed by atoms with Gasteiger partial charge in [-0.3, -0.25) is 0 Å². The molecule has 5 heteroatoms. The van der Waals surface area contributed by atoms with Crippen molar-refractivity contribution in [3.8, 4) is 0 Å². The Kier molecular flexibility index (Phi) is 5.42. The molecule has 2 aromatic rings. The van der Waals surface area contributed by atoms with Crippen LogP contribution in [0.1, 0.15) is 24.2 Å². The molecule has 1 aromatic carbocycles. The van der Waals surface area contributed by atoms with E-state index in [1.54, 1.807) is 0 Å². The molecule has 122 valence electrons. The molecule has 0 saturated carbocycles. The lowest BCUT2D eigenvalue weighted by molar-refractivity contribution is 0.120. The Morgan fingerprint density at radius 2 is 1.91 bits per heavy atom. The van der Waals surface area contributed by atoms with E-state index >= 15 is 0 Å². The summed E-state index contributed by atoms with van der Waals surface area (Å²) >= 11 is 0. The molecule has 2 N–H and O–H groups in total. The molecular formula is C18H24N4O. The summed E-state index contributed by atoms with van der Waals surface area (Å²) in [6, 6.07) is 12.4. The van der Waals surface area contributed by atoms with Gasteiger partial charge < -0.3 is 15.4 Å². The highest BCUT2D eigenvalue weighted by Crippen LogP contribution is 2.15. The predicted molar refractivity (Wildman–Crippen MR) is 92.9 cm³/mol. The lowest BCUT2D eigenvalue weighted by atomic mass is 10.1. The summed E-state index contributed by atoms with van der Waals surface area (Å²) < 4.78 is 5.63. The topological polar surface area (TPSA) is 59.1 Å². The Hall–Kier alpha value is -2.14. The third-order valence-corrected chi connectivity index (χ3v) is 3.94. The number of hydrogen-bond acceptors (Lipinski definition) is 5. The van der Waals surface area contributed by atoms with Crippen LogP contribution in [-0.4, -0.2) is 35.8 Å². The Bertz CT molecular complexity index is 612. The maximum absolute atomic E-state index is 5.63. The highest BCUT2D eigenvalue weighted by molar-refractivity contribution is 5.47. The summed E-state index contributed by atoms with van der Waals surface area (Å²) in [6.45, 7) is 4.45. The van der Waals surface area contributed by atoms with Gasteiger partial charge >= 0.3 is 0 Å². The molecular weight excluding hydrogens is 288 g/mol. The minimum atomic E-state index is 0.305. The zero-order valence-corrected chi connectivity index (χ0v) is 13.6. The highest BCUT2D eigenvalue weighted by atomic mass is 16.5. The normalized spacial score (nSPS) is 17.2. The van der Waals surface area contributed by atoms with Crippen LogP contribution in [0.2, 0.25) is 0 Å². The van der Waals surface area contributed by atoms with E-state index in [2.05, 4.69) is 44.9 Å². The van der Waals surface area contributed by atoms with Crippen LogP contribution < -0.4 is 10.6 Å². The first-order valence-corrected chi connectivity index (χ1v) is 8.28. The molecule has 0 radical (unpaired) electrons. The van der Waals surface area contributed by atoms with Gasteiger partial charge in [0.05, 0.1) is 6.10 Å². The first-order chi connectivity index (χ1) is 11.3. The molecule has 0 amide bonds. The van der Waals surface area contributed by atoms with Gasteiger partial charge in [-0.1, -0.05) is 30.3 Å². The molecule has 1 atom stereocenters. The van der Waals surface area contributed by atoms with Crippen LogP contribution in [0.4, 0.5) is 11.6 Å². The van der Waals surface area contributed by atoms with Gasteiger partial charge in [0.1, 0.15) is 17.5 Å². The number of aromatic nitrogens is 2. The second-order valence-corrected chi connectivity index (χ2v) is 5.86. The third-order valence-electron chi connectivity index (χ3n) is 3.94. The van der Waals surface area contributed by atoms with Crippen molar-refractivity contribution in [2.24, 2.45) is 0 Å². The fourth-order valence-electron chi connectivity index (χ4n) is 2.75. The standard InChI is InChI=1S/C18H24N4O/c1-14-21-17(19-10-9-15-6-3-2-4-7-15)12-18(22-14)20-13-16-8-5-11-23-16/h2-4,6-7,12,16H,5,8-11,13H2,1H3,(H2,19,20,21,22). The Labute approximate surface area is 137 Å². The summed E-state index contributed by atoms with van der Waals surface area (Å²) in [5.41, 5.74) is 1.32. The van der Waals surface area contributed by atoms with Crippen LogP contribution in [0, 0.1) is 6.92 Å². The number of aryl methyl sites for hydroxylation is 1. The van der Waals surface area contributed by atoms with Crippen LogP contribution in [0.15, 0.2) is 36.4 Å². The lowest BCUT2D eigenvalue weighted by Gasteiger charge is -2.13. The Morgan fingerprint density at radius 3 is 2.65 bits per heavy atom. The number of anilines is 2. The molecule has 1 aromatic heterocycles. The Balaban J connectivity index is 1.52. The van der Waals surface area contributed by atoms with E-state index in [1.165, 1.54) is 5.56 Å². The smallest absolute Gasteiger partial charge is 0.131 e. The van der Waals surface area contributed by atoms with E-state index < -0.39 is 0 Å². The molecule has 23 heavy (non-hydrogen) atoms. The van der Waals surface area contributed by atoms with Gasteiger partial charge in [0.25, 0.3) is 0 Å². The van der Waals surface area contributed by atoms with E-state index in [0.29, 0.717) is 6.10 Å². The van der Waals surface area contributed by atoms with Gasteiger partial charge in [0.15, 0.2) is 0 Å². The number of hydrogen-bond donors (Lipinski definition) is 2. The minimum absolute atomic E-state index is 0.305. The summed E-state index contributed by atoms with van der Waals surface area (Å²) in [6.07, 6.45) is 3.56. The van der Waals surface area contributed by atoms with Crippen LogP contribution in [0.5, 0.6) is 0 Å². The van der Waals surface area contributed by atoms with E-state index in [0.717, 1.165) is 56.4 Å². The van der Waals surface area contributed by atoms with Gasteiger partial charge in [-0.25, -0.2) is 9.97 Å². The monoisotopic (exact) mass is 312 g/mol. The van der Waals surface area contributed by atoms with Crippen molar-refractivity contribution in [2.45, 2.75) is 32.3 Å².